The lowest BCUT2D eigenvalue weighted by atomic mass is 10.2. The Labute approximate surface area is 194 Å². The van der Waals surface area contributed by atoms with Gasteiger partial charge in [0.2, 0.25) is 0 Å². The SMILES string of the molecule is CN(C)Cc1ccc(CSCCNC(=C[N+](=O)[O-])N2CCN(Cc3ccccc3)CC2)o1. The van der Waals surface area contributed by atoms with Gasteiger partial charge in [-0.3, -0.25) is 15.0 Å². The fraction of sp³-hybridized carbons (Fsp3) is 0.478. The summed E-state index contributed by atoms with van der Waals surface area (Å²) in [5.74, 6) is 4.16. The minimum absolute atomic E-state index is 0.374. The number of hydrogen-bond acceptors (Lipinski definition) is 8. The summed E-state index contributed by atoms with van der Waals surface area (Å²) in [7, 11) is 4.03. The third-order valence-electron chi connectivity index (χ3n) is 5.18. The number of rotatable bonds is 12. The number of nitrogens with zero attached hydrogens (tertiary/aromatic N) is 4. The highest BCUT2D eigenvalue weighted by Crippen LogP contribution is 2.16. The van der Waals surface area contributed by atoms with Gasteiger partial charge in [-0.2, -0.15) is 11.8 Å². The van der Waals surface area contributed by atoms with Crippen LogP contribution in [0.2, 0.25) is 0 Å². The molecule has 0 unspecified atom stereocenters. The average molecular weight is 460 g/mol. The molecule has 3 rings (SSSR count). The van der Waals surface area contributed by atoms with Crippen molar-refractivity contribution in [2.24, 2.45) is 0 Å². The molecule has 2 heterocycles. The lowest BCUT2D eigenvalue weighted by Crippen LogP contribution is -2.48. The molecule has 0 atom stereocenters. The zero-order chi connectivity index (χ0) is 22.8. The Morgan fingerprint density at radius 2 is 1.88 bits per heavy atom. The van der Waals surface area contributed by atoms with Crippen molar-refractivity contribution in [3.63, 3.8) is 0 Å². The maximum atomic E-state index is 11.1. The summed E-state index contributed by atoms with van der Waals surface area (Å²) >= 11 is 1.75. The van der Waals surface area contributed by atoms with Gasteiger partial charge in [0.1, 0.15) is 11.5 Å². The molecule has 1 aliphatic rings. The maximum absolute atomic E-state index is 11.1. The zero-order valence-corrected chi connectivity index (χ0v) is 19.7. The molecule has 2 aromatic rings. The van der Waals surface area contributed by atoms with Gasteiger partial charge < -0.3 is 19.5 Å². The van der Waals surface area contributed by atoms with E-state index in [4.69, 9.17) is 4.42 Å². The molecule has 174 valence electrons. The first-order valence-electron chi connectivity index (χ1n) is 10.9. The molecule has 0 radical (unpaired) electrons. The lowest BCUT2D eigenvalue weighted by molar-refractivity contribution is -0.404. The van der Waals surface area contributed by atoms with Crippen molar-refractivity contribution in [3.8, 4) is 0 Å². The maximum Gasteiger partial charge on any atom is 0.274 e. The molecule has 1 aliphatic heterocycles. The summed E-state index contributed by atoms with van der Waals surface area (Å²) in [6, 6.07) is 14.4. The molecule has 0 amide bonds. The normalized spacial score (nSPS) is 15.3. The smallest absolute Gasteiger partial charge is 0.274 e. The Kier molecular flexibility index (Phi) is 9.45. The molecular formula is C23H33N5O3S. The number of piperazine rings is 1. The summed E-state index contributed by atoms with van der Waals surface area (Å²) in [5, 5.41) is 14.4. The molecule has 1 aromatic heterocycles. The van der Waals surface area contributed by atoms with E-state index in [9.17, 15) is 10.1 Å². The Balaban J connectivity index is 1.40. The van der Waals surface area contributed by atoms with Crippen molar-refractivity contribution in [1.82, 2.24) is 20.0 Å². The summed E-state index contributed by atoms with van der Waals surface area (Å²) < 4.78 is 5.83. The molecule has 0 bridgehead atoms. The van der Waals surface area contributed by atoms with Crippen molar-refractivity contribution < 1.29 is 9.34 Å². The minimum atomic E-state index is -0.374. The van der Waals surface area contributed by atoms with Crippen LogP contribution in [-0.4, -0.2) is 72.2 Å². The van der Waals surface area contributed by atoms with Gasteiger partial charge in [-0.1, -0.05) is 30.3 Å². The highest BCUT2D eigenvalue weighted by Gasteiger charge is 2.20. The Morgan fingerprint density at radius 3 is 2.56 bits per heavy atom. The molecular weight excluding hydrogens is 426 g/mol. The van der Waals surface area contributed by atoms with Gasteiger partial charge in [0.25, 0.3) is 6.20 Å². The predicted octanol–water partition coefficient (Wildman–Crippen LogP) is 3.06. The average Bonchev–Trinajstić information content (AvgIpc) is 3.20. The van der Waals surface area contributed by atoms with E-state index in [-0.39, 0.29) is 4.92 Å². The predicted molar refractivity (Wildman–Crippen MR) is 129 cm³/mol. The fourth-order valence-electron chi connectivity index (χ4n) is 3.65. The van der Waals surface area contributed by atoms with Gasteiger partial charge in [0.05, 0.1) is 17.2 Å². The van der Waals surface area contributed by atoms with Crippen LogP contribution in [0.4, 0.5) is 0 Å². The van der Waals surface area contributed by atoms with Crippen LogP contribution in [0.5, 0.6) is 0 Å². The summed E-state index contributed by atoms with van der Waals surface area (Å²) in [6.07, 6.45) is 1.09. The van der Waals surface area contributed by atoms with E-state index in [1.54, 1.807) is 11.8 Å². The molecule has 0 saturated carbocycles. The van der Waals surface area contributed by atoms with Gasteiger partial charge in [-0.15, -0.1) is 0 Å². The third-order valence-corrected chi connectivity index (χ3v) is 6.16. The van der Waals surface area contributed by atoms with Crippen molar-refractivity contribution >= 4 is 11.8 Å². The Bertz CT molecular complexity index is 864. The number of hydrogen-bond donors (Lipinski definition) is 1. The highest BCUT2D eigenvalue weighted by atomic mass is 32.2. The third kappa shape index (κ3) is 8.22. The molecule has 0 aliphatic carbocycles. The van der Waals surface area contributed by atoms with Crippen LogP contribution in [0.15, 0.2) is 58.9 Å². The van der Waals surface area contributed by atoms with Crippen LogP contribution >= 0.6 is 11.8 Å². The molecule has 8 nitrogen and oxygen atoms in total. The second kappa shape index (κ2) is 12.5. The topological polar surface area (TPSA) is 78.0 Å². The van der Waals surface area contributed by atoms with E-state index in [2.05, 4.69) is 44.3 Å². The van der Waals surface area contributed by atoms with E-state index in [0.717, 1.165) is 68.5 Å². The zero-order valence-electron chi connectivity index (χ0n) is 18.9. The number of thioether (sulfide) groups is 1. The van der Waals surface area contributed by atoms with Gasteiger partial charge in [0.15, 0.2) is 5.82 Å². The Hall–Kier alpha value is -2.49. The first kappa shape index (κ1) is 24.2. The van der Waals surface area contributed by atoms with E-state index < -0.39 is 0 Å². The highest BCUT2D eigenvalue weighted by molar-refractivity contribution is 7.98. The standard InChI is InChI=1S/C23H33N5O3S/c1-25(2)17-21-8-9-22(31-21)19-32-15-10-24-23(18-28(29)30)27-13-11-26(12-14-27)16-20-6-4-3-5-7-20/h3-9,18,24H,10-17,19H2,1-2H3. The molecule has 32 heavy (non-hydrogen) atoms. The van der Waals surface area contributed by atoms with Crippen LogP contribution in [-0.2, 0) is 18.8 Å². The molecule has 0 spiro atoms. The summed E-state index contributed by atoms with van der Waals surface area (Å²) in [5.41, 5.74) is 1.29. The van der Waals surface area contributed by atoms with Crippen LogP contribution in [0.25, 0.3) is 0 Å². The van der Waals surface area contributed by atoms with Gasteiger partial charge >= 0.3 is 0 Å². The van der Waals surface area contributed by atoms with Gasteiger partial charge in [-0.05, 0) is 31.8 Å². The largest absolute Gasteiger partial charge is 0.464 e. The number of benzene rings is 1. The first-order valence-corrected chi connectivity index (χ1v) is 12.1. The summed E-state index contributed by atoms with van der Waals surface area (Å²) in [6.45, 7) is 5.68. The van der Waals surface area contributed by atoms with Crippen molar-refractivity contribution in [2.75, 3.05) is 52.6 Å². The lowest BCUT2D eigenvalue weighted by Gasteiger charge is -2.36. The second-order valence-corrected chi connectivity index (χ2v) is 9.24. The van der Waals surface area contributed by atoms with Gasteiger partial charge in [-0.25, -0.2) is 0 Å². The van der Waals surface area contributed by atoms with Crippen molar-refractivity contribution in [2.45, 2.75) is 18.8 Å². The molecule has 1 fully saturated rings. The monoisotopic (exact) mass is 459 g/mol. The second-order valence-electron chi connectivity index (χ2n) is 8.13. The van der Waals surface area contributed by atoms with E-state index >= 15 is 0 Å². The number of furan rings is 1. The first-order chi connectivity index (χ1) is 15.5. The number of nitrogens with one attached hydrogen (secondary N) is 1. The van der Waals surface area contributed by atoms with E-state index in [1.807, 2.05) is 32.3 Å². The molecule has 1 N–H and O–H groups in total. The van der Waals surface area contributed by atoms with Crippen LogP contribution in [0.1, 0.15) is 17.1 Å². The van der Waals surface area contributed by atoms with Crippen LogP contribution < -0.4 is 5.32 Å². The van der Waals surface area contributed by atoms with Crippen LogP contribution in [0.3, 0.4) is 0 Å². The van der Waals surface area contributed by atoms with E-state index in [0.29, 0.717) is 12.4 Å². The van der Waals surface area contributed by atoms with Gasteiger partial charge in [0, 0.05) is 45.0 Å². The minimum Gasteiger partial charge on any atom is -0.464 e. The fourth-order valence-corrected chi connectivity index (χ4v) is 4.40. The summed E-state index contributed by atoms with van der Waals surface area (Å²) in [4.78, 5) is 17.3. The number of nitro groups is 1. The van der Waals surface area contributed by atoms with E-state index in [1.165, 1.54) is 5.56 Å². The molecule has 9 heteroatoms. The van der Waals surface area contributed by atoms with Crippen molar-refractivity contribution in [1.29, 1.82) is 0 Å². The quantitative estimate of drug-likeness (QED) is 0.295. The Morgan fingerprint density at radius 1 is 1.16 bits per heavy atom. The van der Waals surface area contributed by atoms with Crippen LogP contribution in [0, 0.1) is 10.1 Å². The molecule has 1 aromatic carbocycles. The molecule has 1 saturated heterocycles. The van der Waals surface area contributed by atoms with Crippen molar-refractivity contribution in [3.05, 3.63) is 81.7 Å².